The molecule has 1 amide bonds. The number of nitrogens with two attached hydrogens (primary N) is 1. The summed E-state index contributed by atoms with van der Waals surface area (Å²) in [6.07, 6.45) is -0.881. The third kappa shape index (κ3) is 4.11. The van der Waals surface area contributed by atoms with Gasteiger partial charge in [0.25, 0.3) is 0 Å². The molecule has 0 bridgehead atoms. The number of aliphatic hydroxyl groups is 1. The van der Waals surface area contributed by atoms with Crippen molar-refractivity contribution in [3.05, 3.63) is 23.8 Å². The molecule has 2 atom stereocenters. The lowest BCUT2D eigenvalue weighted by Crippen LogP contribution is -2.35. The van der Waals surface area contributed by atoms with E-state index in [0.717, 1.165) is 0 Å². The smallest absolute Gasteiger partial charge is 0.224 e. The van der Waals surface area contributed by atoms with Crippen molar-refractivity contribution in [3.63, 3.8) is 0 Å². The molecular formula is C14H22N2O4. The van der Waals surface area contributed by atoms with Gasteiger partial charge < -0.3 is 25.6 Å². The number of hydrogen-bond donors (Lipinski definition) is 3. The van der Waals surface area contributed by atoms with Gasteiger partial charge in [0.2, 0.25) is 5.91 Å². The normalized spacial score (nSPS) is 13.4. The van der Waals surface area contributed by atoms with E-state index in [2.05, 4.69) is 5.32 Å². The van der Waals surface area contributed by atoms with Crippen LogP contribution in [0.5, 0.6) is 11.5 Å². The van der Waals surface area contributed by atoms with Gasteiger partial charge in [-0.1, -0.05) is 6.92 Å². The summed E-state index contributed by atoms with van der Waals surface area (Å²) < 4.78 is 10.3. The molecule has 1 aromatic carbocycles. The lowest BCUT2D eigenvalue weighted by molar-refractivity contribution is -0.124. The minimum Gasteiger partial charge on any atom is -0.497 e. The quantitative estimate of drug-likeness (QED) is 0.675. The SMILES string of the molecule is COc1ccc(OC)c(C(O)CNC(=O)C(C)CN)c1. The van der Waals surface area contributed by atoms with Crippen LogP contribution in [0.1, 0.15) is 18.6 Å². The van der Waals surface area contributed by atoms with E-state index in [9.17, 15) is 9.90 Å². The Morgan fingerprint density at radius 2 is 2.10 bits per heavy atom. The van der Waals surface area contributed by atoms with Crippen LogP contribution in [0.25, 0.3) is 0 Å². The van der Waals surface area contributed by atoms with Crippen molar-refractivity contribution in [1.29, 1.82) is 0 Å². The number of benzene rings is 1. The molecule has 0 aliphatic rings. The molecule has 6 heteroatoms. The number of rotatable bonds is 7. The van der Waals surface area contributed by atoms with Gasteiger partial charge in [0.15, 0.2) is 0 Å². The Bertz CT molecular complexity index is 451. The Morgan fingerprint density at radius 3 is 2.65 bits per heavy atom. The summed E-state index contributed by atoms with van der Waals surface area (Å²) in [5, 5.41) is 12.8. The third-order valence-electron chi connectivity index (χ3n) is 3.07. The van der Waals surface area contributed by atoms with Crippen molar-refractivity contribution in [2.75, 3.05) is 27.3 Å². The molecule has 0 aliphatic carbocycles. The summed E-state index contributed by atoms with van der Waals surface area (Å²) in [6, 6.07) is 5.13. The number of amides is 1. The molecule has 112 valence electrons. The van der Waals surface area contributed by atoms with Crippen LogP contribution in [0, 0.1) is 5.92 Å². The first-order valence-electron chi connectivity index (χ1n) is 6.41. The molecule has 0 saturated carbocycles. The molecule has 1 rings (SSSR count). The zero-order chi connectivity index (χ0) is 15.1. The average molecular weight is 282 g/mol. The van der Waals surface area contributed by atoms with E-state index in [4.69, 9.17) is 15.2 Å². The summed E-state index contributed by atoms with van der Waals surface area (Å²) in [5.41, 5.74) is 5.98. The summed E-state index contributed by atoms with van der Waals surface area (Å²) in [6.45, 7) is 2.09. The molecule has 0 radical (unpaired) electrons. The summed E-state index contributed by atoms with van der Waals surface area (Å²) in [4.78, 5) is 11.6. The Morgan fingerprint density at radius 1 is 1.40 bits per heavy atom. The van der Waals surface area contributed by atoms with Crippen molar-refractivity contribution in [2.45, 2.75) is 13.0 Å². The van der Waals surface area contributed by atoms with Crippen molar-refractivity contribution in [2.24, 2.45) is 11.7 Å². The van der Waals surface area contributed by atoms with Crippen LogP contribution in [0.15, 0.2) is 18.2 Å². The maximum atomic E-state index is 11.6. The molecule has 0 heterocycles. The molecule has 0 fully saturated rings. The summed E-state index contributed by atoms with van der Waals surface area (Å²) in [5.74, 6) is 0.684. The van der Waals surface area contributed by atoms with Gasteiger partial charge in [-0.3, -0.25) is 4.79 Å². The number of methoxy groups -OCH3 is 2. The van der Waals surface area contributed by atoms with Crippen LogP contribution in [0.2, 0.25) is 0 Å². The minimum absolute atomic E-state index is 0.0900. The predicted octanol–water partition coefficient (Wildman–Crippen LogP) is 0.448. The third-order valence-corrected chi connectivity index (χ3v) is 3.07. The topological polar surface area (TPSA) is 93.8 Å². The molecule has 6 nitrogen and oxygen atoms in total. The number of carbonyl (C=O) groups is 1. The maximum Gasteiger partial charge on any atom is 0.224 e. The van der Waals surface area contributed by atoms with Gasteiger partial charge >= 0.3 is 0 Å². The predicted molar refractivity (Wildman–Crippen MR) is 75.7 cm³/mol. The van der Waals surface area contributed by atoms with Gasteiger partial charge in [-0.25, -0.2) is 0 Å². The number of nitrogens with one attached hydrogen (secondary N) is 1. The Kier molecular flexibility index (Phi) is 6.27. The Labute approximate surface area is 118 Å². The monoisotopic (exact) mass is 282 g/mol. The molecule has 0 aliphatic heterocycles. The van der Waals surface area contributed by atoms with Crippen molar-refractivity contribution in [1.82, 2.24) is 5.32 Å². The zero-order valence-electron chi connectivity index (χ0n) is 12.1. The van der Waals surface area contributed by atoms with E-state index in [1.54, 1.807) is 32.2 Å². The van der Waals surface area contributed by atoms with E-state index in [1.165, 1.54) is 7.11 Å². The van der Waals surface area contributed by atoms with Gasteiger partial charge in [-0.2, -0.15) is 0 Å². The van der Waals surface area contributed by atoms with Gasteiger partial charge in [-0.15, -0.1) is 0 Å². The largest absolute Gasteiger partial charge is 0.497 e. The first-order chi connectivity index (χ1) is 9.53. The van der Waals surface area contributed by atoms with Crippen molar-refractivity contribution < 1.29 is 19.4 Å². The highest BCUT2D eigenvalue weighted by Crippen LogP contribution is 2.29. The average Bonchev–Trinajstić information content (AvgIpc) is 2.50. The van der Waals surface area contributed by atoms with Crippen LogP contribution in [0.4, 0.5) is 0 Å². The van der Waals surface area contributed by atoms with Gasteiger partial charge in [0.1, 0.15) is 11.5 Å². The highest BCUT2D eigenvalue weighted by atomic mass is 16.5. The van der Waals surface area contributed by atoms with E-state index in [1.807, 2.05) is 0 Å². The first-order valence-corrected chi connectivity index (χ1v) is 6.41. The van der Waals surface area contributed by atoms with E-state index in [0.29, 0.717) is 17.1 Å². The molecule has 1 aromatic rings. The minimum atomic E-state index is -0.881. The number of aliphatic hydroxyl groups excluding tert-OH is 1. The lowest BCUT2D eigenvalue weighted by atomic mass is 10.1. The number of ether oxygens (including phenoxy) is 2. The van der Waals surface area contributed by atoms with E-state index < -0.39 is 6.10 Å². The molecular weight excluding hydrogens is 260 g/mol. The Balaban J connectivity index is 2.75. The number of carbonyl (C=O) groups excluding carboxylic acids is 1. The van der Waals surface area contributed by atoms with Crippen LogP contribution in [-0.4, -0.2) is 38.3 Å². The van der Waals surface area contributed by atoms with Crippen LogP contribution < -0.4 is 20.5 Å². The first kappa shape index (κ1) is 16.3. The van der Waals surface area contributed by atoms with Crippen molar-refractivity contribution in [3.8, 4) is 11.5 Å². The van der Waals surface area contributed by atoms with Crippen LogP contribution in [0.3, 0.4) is 0 Å². The number of hydrogen-bond acceptors (Lipinski definition) is 5. The van der Waals surface area contributed by atoms with Crippen LogP contribution in [-0.2, 0) is 4.79 Å². The van der Waals surface area contributed by atoms with Gasteiger partial charge in [0.05, 0.1) is 20.3 Å². The molecule has 0 spiro atoms. The molecule has 20 heavy (non-hydrogen) atoms. The standard InChI is InChI=1S/C14H22N2O4/c1-9(7-15)14(18)16-8-12(17)11-6-10(19-2)4-5-13(11)20-3/h4-6,9,12,17H,7-8,15H2,1-3H3,(H,16,18). The second-order valence-corrected chi connectivity index (χ2v) is 4.51. The second kappa shape index (κ2) is 7.72. The van der Waals surface area contributed by atoms with Gasteiger partial charge in [0, 0.05) is 24.6 Å². The molecule has 0 aromatic heterocycles. The lowest BCUT2D eigenvalue weighted by Gasteiger charge is -2.17. The van der Waals surface area contributed by atoms with Gasteiger partial charge in [-0.05, 0) is 18.2 Å². The fraction of sp³-hybridized carbons (Fsp3) is 0.500. The second-order valence-electron chi connectivity index (χ2n) is 4.51. The maximum absolute atomic E-state index is 11.6. The molecule has 2 unspecified atom stereocenters. The molecule has 0 saturated heterocycles. The van der Waals surface area contributed by atoms with Crippen molar-refractivity contribution >= 4 is 5.91 Å². The molecule has 4 N–H and O–H groups in total. The zero-order valence-corrected chi connectivity index (χ0v) is 12.1. The highest BCUT2D eigenvalue weighted by Gasteiger charge is 2.17. The fourth-order valence-electron chi connectivity index (χ4n) is 1.69. The van der Waals surface area contributed by atoms with E-state index in [-0.39, 0.29) is 24.9 Å². The fourth-order valence-corrected chi connectivity index (χ4v) is 1.69. The highest BCUT2D eigenvalue weighted by molar-refractivity contribution is 5.78. The van der Waals surface area contributed by atoms with Crippen LogP contribution >= 0.6 is 0 Å². The summed E-state index contributed by atoms with van der Waals surface area (Å²) >= 11 is 0. The van der Waals surface area contributed by atoms with E-state index >= 15 is 0 Å². The summed E-state index contributed by atoms with van der Waals surface area (Å²) in [7, 11) is 3.07. The Hall–Kier alpha value is -1.79.